The number of aliphatic hydroxyl groups excluding tert-OH is 1. The number of nitrogens with one attached hydrogen (secondary N) is 1. The van der Waals surface area contributed by atoms with Gasteiger partial charge in [0.05, 0.1) is 6.61 Å². The number of hydrogen-bond donors (Lipinski definition) is 2. The maximum Gasteiger partial charge on any atom is 0.0582 e. The number of rotatable bonds is 5. The molecule has 0 heterocycles. The Labute approximate surface area is 108 Å². The molecule has 0 saturated heterocycles. The maximum atomic E-state index is 8.98. The minimum absolute atomic E-state index is 0.130. The highest BCUT2D eigenvalue weighted by Crippen LogP contribution is 2.19. The molecule has 2 rings (SSSR count). The van der Waals surface area contributed by atoms with Crippen LogP contribution in [-0.2, 0) is 6.54 Å². The molecule has 0 aliphatic carbocycles. The minimum Gasteiger partial charge on any atom is -0.395 e. The second-order valence-electron chi connectivity index (χ2n) is 4.53. The molecule has 0 aliphatic heterocycles. The fraction of sp³-hybridized carbons (Fsp3) is 0.250. The fourth-order valence-corrected chi connectivity index (χ4v) is 1.85. The monoisotopic (exact) mass is 241 g/mol. The van der Waals surface area contributed by atoms with E-state index in [1.165, 1.54) is 16.7 Å². The largest absolute Gasteiger partial charge is 0.395 e. The molecule has 0 bridgehead atoms. The fourth-order valence-electron chi connectivity index (χ4n) is 1.85. The molecule has 2 aromatic carbocycles. The first-order valence-electron chi connectivity index (χ1n) is 6.28. The van der Waals surface area contributed by atoms with Crippen molar-refractivity contribution in [2.24, 2.45) is 0 Å². The summed E-state index contributed by atoms with van der Waals surface area (Å²) < 4.78 is 0. The zero-order chi connectivity index (χ0) is 12.8. The summed E-state index contributed by atoms with van der Waals surface area (Å²) in [5.41, 5.74) is 3.69. The lowest BCUT2D eigenvalue weighted by Crippen LogP contribution is -2.28. The van der Waals surface area contributed by atoms with Gasteiger partial charge in [-0.2, -0.15) is 0 Å². The molecule has 0 spiro atoms. The standard InChI is InChI=1S/C16H19NO/c1-13(12-18)17-11-14-6-5-9-16(10-14)15-7-3-2-4-8-15/h2-10,13,17-18H,11-12H2,1H3. The van der Waals surface area contributed by atoms with E-state index < -0.39 is 0 Å². The van der Waals surface area contributed by atoms with Crippen LogP contribution in [0.1, 0.15) is 12.5 Å². The van der Waals surface area contributed by atoms with Crippen LogP contribution in [0.3, 0.4) is 0 Å². The van der Waals surface area contributed by atoms with Crippen LogP contribution in [0, 0.1) is 0 Å². The van der Waals surface area contributed by atoms with Gasteiger partial charge in [-0.15, -0.1) is 0 Å². The van der Waals surface area contributed by atoms with E-state index >= 15 is 0 Å². The molecule has 0 saturated carbocycles. The van der Waals surface area contributed by atoms with Gasteiger partial charge in [0.15, 0.2) is 0 Å². The summed E-state index contributed by atoms with van der Waals surface area (Å²) in [6, 6.07) is 19.0. The minimum atomic E-state index is 0.130. The van der Waals surface area contributed by atoms with Crippen molar-refractivity contribution < 1.29 is 5.11 Å². The highest BCUT2D eigenvalue weighted by atomic mass is 16.3. The smallest absolute Gasteiger partial charge is 0.0582 e. The number of benzene rings is 2. The molecule has 0 radical (unpaired) electrons. The predicted octanol–water partition coefficient (Wildman–Crippen LogP) is 2.82. The molecule has 1 unspecified atom stereocenters. The van der Waals surface area contributed by atoms with Crippen LogP contribution in [0.25, 0.3) is 11.1 Å². The molecule has 94 valence electrons. The Morgan fingerprint density at radius 1 is 1.00 bits per heavy atom. The van der Waals surface area contributed by atoms with Crippen molar-refractivity contribution in [2.45, 2.75) is 19.5 Å². The topological polar surface area (TPSA) is 32.3 Å². The van der Waals surface area contributed by atoms with Gasteiger partial charge in [-0.05, 0) is 29.7 Å². The second-order valence-corrected chi connectivity index (χ2v) is 4.53. The van der Waals surface area contributed by atoms with Crippen LogP contribution in [0.5, 0.6) is 0 Å². The number of aliphatic hydroxyl groups is 1. The van der Waals surface area contributed by atoms with Gasteiger partial charge in [0, 0.05) is 12.6 Å². The third-order valence-electron chi connectivity index (χ3n) is 2.96. The second kappa shape index (κ2) is 6.34. The lowest BCUT2D eigenvalue weighted by Gasteiger charge is -2.11. The molecule has 2 aromatic rings. The Morgan fingerprint density at radius 2 is 1.72 bits per heavy atom. The average Bonchev–Trinajstić information content (AvgIpc) is 2.46. The SMILES string of the molecule is CC(CO)NCc1cccc(-c2ccccc2)c1. The van der Waals surface area contributed by atoms with Crippen molar-refractivity contribution in [3.63, 3.8) is 0 Å². The summed E-state index contributed by atoms with van der Waals surface area (Å²) in [4.78, 5) is 0. The summed E-state index contributed by atoms with van der Waals surface area (Å²) in [6.07, 6.45) is 0. The highest BCUT2D eigenvalue weighted by Gasteiger charge is 2.01. The zero-order valence-corrected chi connectivity index (χ0v) is 10.6. The van der Waals surface area contributed by atoms with Gasteiger partial charge in [-0.1, -0.05) is 48.5 Å². The Hall–Kier alpha value is -1.64. The van der Waals surface area contributed by atoms with Gasteiger partial charge >= 0.3 is 0 Å². The first kappa shape index (κ1) is 12.8. The van der Waals surface area contributed by atoms with Crippen molar-refractivity contribution in [3.05, 3.63) is 60.2 Å². The van der Waals surface area contributed by atoms with Gasteiger partial charge in [0.2, 0.25) is 0 Å². The molecular formula is C16H19NO. The Balaban J connectivity index is 2.11. The van der Waals surface area contributed by atoms with E-state index in [1.54, 1.807) is 0 Å². The van der Waals surface area contributed by atoms with Crippen LogP contribution < -0.4 is 5.32 Å². The molecular weight excluding hydrogens is 222 g/mol. The molecule has 1 atom stereocenters. The van der Waals surface area contributed by atoms with Crippen molar-refractivity contribution in [1.82, 2.24) is 5.32 Å². The zero-order valence-electron chi connectivity index (χ0n) is 10.6. The van der Waals surface area contributed by atoms with E-state index in [0.717, 1.165) is 6.54 Å². The van der Waals surface area contributed by atoms with Crippen molar-refractivity contribution in [3.8, 4) is 11.1 Å². The van der Waals surface area contributed by atoms with Crippen LogP contribution in [0.2, 0.25) is 0 Å². The number of hydrogen-bond acceptors (Lipinski definition) is 2. The third kappa shape index (κ3) is 3.42. The van der Waals surface area contributed by atoms with E-state index in [0.29, 0.717) is 0 Å². The van der Waals surface area contributed by atoms with E-state index in [2.05, 4.69) is 41.7 Å². The van der Waals surface area contributed by atoms with Crippen LogP contribution in [0.4, 0.5) is 0 Å². The Kier molecular flexibility index (Phi) is 4.51. The normalized spacial score (nSPS) is 12.3. The lowest BCUT2D eigenvalue weighted by atomic mass is 10.0. The van der Waals surface area contributed by atoms with Gasteiger partial charge < -0.3 is 10.4 Å². The first-order valence-corrected chi connectivity index (χ1v) is 6.28. The quantitative estimate of drug-likeness (QED) is 0.843. The van der Waals surface area contributed by atoms with Crippen LogP contribution in [-0.4, -0.2) is 17.8 Å². The van der Waals surface area contributed by atoms with Crippen molar-refractivity contribution >= 4 is 0 Å². The van der Waals surface area contributed by atoms with E-state index in [4.69, 9.17) is 5.11 Å². The maximum absolute atomic E-state index is 8.98. The molecule has 2 heteroatoms. The summed E-state index contributed by atoms with van der Waals surface area (Å²) in [6.45, 7) is 2.92. The molecule has 0 aromatic heterocycles. The summed E-state index contributed by atoms with van der Waals surface area (Å²) >= 11 is 0. The summed E-state index contributed by atoms with van der Waals surface area (Å²) in [5.74, 6) is 0. The van der Waals surface area contributed by atoms with E-state index in [-0.39, 0.29) is 12.6 Å². The molecule has 0 fully saturated rings. The van der Waals surface area contributed by atoms with Crippen molar-refractivity contribution in [2.75, 3.05) is 6.61 Å². The Bertz CT molecular complexity index is 481. The van der Waals surface area contributed by atoms with Gasteiger partial charge in [-0.3, -0.25) is 0 Å². The average molecular weight is 241 g/mol. The predicted molar refractivity (Wildman–Crippen MR) is 75.3 cm³/mol. The lowest BCUT2D eigenvalue weighted by molar-refractivity contribution is 0.251. The van der Waals surface area contributed by atoms with Crippen LogP contribution >= 0.6 is 0 Å². The highest BCUT2D eigenvalue weighted by molar-refractivity contribution is 5.63. The molecule has 18 heavy (non-hydrogen) atoms. The summed E-state index contributed by atoms with van der Waals surface area (Å²) in [7, 11) is 0. The molecule has 0 aliphatic rings. The molecule has 2 N–H and O–H groups in total. The van der Waals surface area contributed by atoms with Gasteiger partial charge in [0.1, 0.15) is 0 Å². The first-order chi connectivity index (χ1) is 8.79. The molecule has 2 nitrogen and oxygen atoms in total. The van der Waals surface area contributed by atoms with E-state index in [1.807, 2.05) is 25.1 Å². The Morgan fingerprint density at radius 3 is 2.44 bits per heavy atom. The van der Waals surface area contributed by atoms with Gasteiger partial charge in [-0.25, -0.2) is 0 Å². The van der Waals surface area contributed by atoms with E-state index in [9.17, 15) is 0 Å². The molecule has 0 amide bonds. The van der Waals surface area contributed by atoms with Crippen molar-refractivity contribution in [1.29, 1.82) is 0 Å². The van der Waals surface area contributed by atoms with Gasteiger partial charge in [0.25, 0.3) is 0 Å². The summed E-state index contributed by atoms with van der Waals surface area (Å²) in [5, 5.41) is 12.3. The van der Waals surface area contributed by atoms with Crippen LogP contribution in [0.15, 0.2) is 54.6 Å². The third-order valence-corrected chi connectivity index (χ3v) is 2.96.